The maximum absolute atomic E-state index is 12.8. The number of unbranched alkanes of at least 4 members (excludes halogenated alkanes) is 14. The van der Waals surface area contributed by atoms with E-state index >= 15 is 0 Å². The van der Waals surface area contributed by atoms with Gasteiger partial charge in [0.15, 0.2) is 6.10 Å². The lowest BCUT2D eigenvalue weighted by Gasteiger charge is -2.18. The highest BCUT2D eigenvalue weighted by molar-refractivity contribution is 5.71. The molecule has 0 aromatic rings. The van der Waals surface area contributed by atoms with Gasteiger partial charge >= 0.3 is 17.9 Å². The summed E-state index contributed by atoms with van der Waals surface area (Å²) in [6, 6.07) is 0. The Labute approximate surface area is 380 Å². The van der Waals surface area contributed by atoms with Crippen molar-refractivity contribution in [2.75, 3.05) is 13.2 Å². The molecule has 348 valence electrons. The summed E-state index contributed by atoms with van der Waals surface area (Å²) in [5.41, 5.74) is 0. The number of carbonyl (C=O) groups excluding carboxylic acids is 3. The number of rotatable bonds is 42. The standard InChI is InChI=1S/C56H88O6/c1-4-7-10-13-16-19-22-25-27-28-29-32-34-37-40-43-46-49-55(58)61-52-53(51-60-54(57)48-45-42-39-36-33-30-24-21-18-15-12-9-6-3)62-56(59)50-47-44-41-38-35-31-26-23-20-17-14-11-8-5-2/h7,9-10,12,15-16,18-19,21,24-25,27,29-33,35,37,40,53H,4-6,8,11,13-14,17,20,22-23,26,28,34,36,38-39,41-52H2,1-3H3/b10-7+,12-9+,18-15+,19-16+,24-21+,27-25+,32-29+,33-30+,35-31+,40-37+. The molecule has 0 radical (unpaired) electrons. The highest BCUT2D eigenvalue weighted by Gasteiger charge is 2.19. The Hall–Kier alpha value is -4.19. The summed E-state index contributed by atoms with van der Waals surface area (Å²) < 4.78 is 16.7. The number of carbonyl (C=O) groups is 3. The number of hydrogen-bond donors (Lipinski definition) is 0. The second kappa shape index (κ2) is 49.5. The van der Waals surface area contributed by atoms with Gasteiger partial charge in [-0.15, -0.1) is 0 Å². The summed E-state index contributed by atoms with van der Waals surface area (Å²) in [6.45, 7) is 6.25. The van der Waals surface area contributed by atoms with E-state index in [1.54, 1.807) is 0 Å². The van der Waals surface area contributed by atoms with Crippen molar-refractivity contribution >= 4 is 17.9 Å². The monoisotopic (exact) mass is 857 g/mol. The minimum atomic E-state index is -0.827. The SMILES string of the molecule is CC/C=C/C=C/C=C/C=C/CCCCCC(=O)OCC(COC(=O)CCC/C=C/C/C=C/C/C=C/C/C=C/C/C=C/CC)OC(=O)CCCCC/C=C/CCCCCCCCC. The Morgan fingerprint density at radius 1 is 0.355 bits per heavy atom. The van der Waals surface area contributed by atoms with Gasteiger partial charge in [-0.25, -0.2) is 0 Å². The Balaban J connectivity index is 4.58. The lowest BCUT2D eigenvalue weighted by molar-refractivity contribution is -0.167. The third-order valence-corrected chi connectivity index (χ3v) is 9.78. The van der Waals surface area contributed by atoms with Gasteiger partial charge in [0.1, 0.15) is 13.2 Å². The Bertz CT molecular complexity index is 1350. The molecule has 0 aliphatic heterocycles. The van der Waals surface area contributed by atoms with E-state index in [1.807, 2.05) is 36.5 Å². The van der Waals surface area contributed by atoms with E-state index in [1.165, 1.54) is 44.9 Å². The molecular formula is C56H88O6. The van der Waals surface area contributed by atoms with E-state index in [4.69, 9.17) is 14.2 Å². The van der Waals surface area contributed by atoms with Crippen molar-refractivity contribution in [2.24, 2.45) is 0 Å². The molecule has 0 saturated carbocycles. The zero-order chi connectivity index (χ0) is 45.1. The van der Waals surface area contributed by atoms with E-state index in [-0.39, 0.29) is 44.0 Å². The molecule has 1 atom stereocenters. The fourth-order valence-electron chi connectivity index (χ4n) is 6.13. The molecule has 0 aliphatic rings. The highest BCUT2D eigenvalue weighted by atomic mass is 16.6. The van der Waals surface area contributed by atoms with Gasteiger partial charge in [-0.3, -0.25) is 14.4 Å². The van der Waals surface area contributed by atoms with Gasteiger partial charge in [0, 0.05) is 19.3 Å². The molecule has 0 aromatic heterocycles. The first-order valence-electron chi connectivity index (χ1n) is 24.6. The van der Waals surface area contributed by atoms with Gasteiger partial charge in [-0.05, 0) is 103 Å². The third kappa shape index (κ3) is 46.9. The molecule has 0 aromatic carbocycles. The Morgan fingerprint density at radius 3 is 1.26 bits per heavy atom. The average molecular weight is 857 g/mol. The van der Waals surface area contributed by atoms with Crippen molar-refractivity contribution in [3.63, 3.8) is 0 Å². The summed E-state index contributed by atoms with van der Waals surface area (Å²) in [5, 5.41) is 0. The Kier molecular flexibility index (Phi) is 46.1. The van der Waals surface area contributed by atoms with E-state index in [9.17, 15) is 14.4 Å². The van der Waals surface area contributed by atoms with Crippen LogP contribution in [0.2, 0.25) is 0 Å². The van der Waals surface area contributed by atoms with Crippen molar-refractivity contribution in [3.8, 4) is 0 Å². The van der Waals surface area contributed by atoms with Crippen LogP contribution in [0, 0.1) is 0 Å². The minimum Gasteiger partial charge on any atom is -0.462 e. The molecule has 62 heavy (non-hydrogen) atoms. The average Bonchev–Trinajstić information content (AvgIpc) is 3.27. The summed E-state index contributed by atoms with van der Waals surface area (Å²) >= 11 is 0. The quantitative estimate of drug-likeness (QED) is 0.0200. The summed E-state index contributed by atoms with van der Waals surface area (Å²) in [7, 11) is 0. The maximum Gasteiger partial charge on any atom is 0.306 e. The minimum absolute atomic E-state index is 0.126. The molecule has 0 aliphatic carbocycles. The Morgan fingerprint density at radius 2 is 0.726 bits per heavy atom. The van der Waals surface area contributed by atoms with Crippen molar-refractivity contribution in [1.29, 1.82) is 0 Å². The van der Waals surface area contributed by atoms with Crippen LogP contribution in [0.25, 0.3) is 0 Å². The first-order valence-corrected chi connectivity index (χ1v) is 24.6. The molecule has 6 heteroatoms. The molecule has 0 saturated heterocycles. The van der Waals surface area contributed by atoms with E-state index in [2.05, 4.69) is 106 Å². The molecule has 1 unspecified atom stereocenters. The predicted octanol–water partition coefficient (Wildman–Crippen LogP) is 16.1. The van der Waals surface area contributed by atoms with Gasteiger partial charge in [-0.2, -0.15) is 0 Å². The predicted molar refractivity (Wildman–Crippen MR) is 265 cm³/mol. The molecule has 0 spiro atoms. The van der Waals surface area contributed by atoms with Crippen molar-refractivity contribution in [1.82, 2.24) is 0 Å². The molecule has 0 heterocycles. The van der Waals surface area contributed by atoms with Crippen molar-refractivity contribution in [3.05, 3.63) is 122 Å². The second-order valence-corrected chi connectivity index (χ2v) is 15.7. The smallest absolute Gasteiger partial charge is 0.306 e. The largest absolute Gasteiger partial charge is 0.462 e. The normalized spacial score (nSPS) is 13.1. The number of ether oxygens (including phenoxy) is 3. The van der Waals surface area contributed by atoms with Crippen molar-refractivity contribution < 1.29 is 28.6 Å². The van der Waals surface area contributed by atoms with Crippen LogP contribution in [0.1, 0.15) is 194 Å². The first kappa shape index (κ1) is 57.8. The van der Waals surface area contributed by atoms with E-state index in [0.717, 1.165) is 103 Å². The lowest BCUT2D eigenvalue weighted by atomic mass is 10.1. The van der Waals surface area contributed by atoms with Gasteiger partial charge in [-0.1, -0.05) is 194 Å². The third-order valence-electron chi connectivity index (χ3n) is 9.78. The van der Waals surface area contributed by atoms with Gasteiger partial charge in [0.2, 0.25) is 0 Å². The molecule has 0 fully saturated rings. The molecule has 0 amide bonds. The number of allylic oxidation sites excluding steroid dienone is 20. The fourth-order valence-corrected chi connectivity index (χ4v) is 6.13. The molecule has 0 N–H and O–H groups in total. The molecule has 0 bridgehead atoms. The lowest BCUT2D eigenvalue weighted by Crippen LogP contribution is -2.30. The molecule has 0 rings (SSSR count). The van der Waals surface area contributed by atoms with Crippen LogP contribution in [0.15, 0.2) is 122 Å². The van der Waals surface area contributed by atoms with Crippen molar-refractivity contribution in [2.45, 2.75) is 200 Å². The summed E-state index contributed by atoms with van der Waals surface area (Å²) in [5.74, 6) is -1.05. The highest BCUT2D eigenvalue weighted by Crippen LogP contribution is 2.12. The second-order valence-electron chi connectivity index (χ2n) is 15.7. The van der Waals surface area contributed by atoms with Gasteiger partial charge < -0.3 is 14.2 Å². The molecule has 6 nitrogen and oxygen atoms in total. The van der Waals surface area contributed by atoms with Crippen LogP contribution in [0.4, 0.5) is 0 Å². The van der Waals surface area contributed by atoms with Crippen LogP contribution in [-0.2, 0) is 28.6 Å². The van der Waals surface area contributed by atoms with E-state index < -0.39 is 6.10 Å². The van der Waals surface area contributed by atoms with Crippen LogP contribution in [0.3, 0.4) is 0 Å². The maximum atomic E-state index is 12.8. The summed E-state index contributed by atoms with van der Waals surface area (Å²) in [4.78, 5) is 37.9. The van der Waals surface area contributed by atoms with Crippen LogP contribution in [0.5, 0.6) is 0 Å². The number of hydrogen-bond acceptors (Lipinski definition) is 6. The van der Waals surface area contributed by atoms with Gasteiger partial charge in [0.05, 0.1) is 0 Å². The van der Waals surface area contributed by atoms with Gasteiger partial charge in [0.25, 0.3) is 0 Å². The molecular weight excluding hydrogens is 769 g/mol. The zero-order valence-corrected chi connectivity index (χ0v) is 39.6. The van der Waals surface area contributed by atoms with Crippen LogP contribution in [-0.4, -0.2) is 37.2 Å². The first-order chi connectivity index (χ1) is 30.5. The zero-order valence-electron chi connectivity index (χ0n) is 39.6. The van der Waals surface area contributed by atoms with E-state index in [0.29, 0.717) is 12.8 Å². The topological polar surface area (TPSA) is 78.9 Å². The fraction of sp³-hybridized carbons (Fsp3) is 0.589. The van der Waals surface area contributed by atoms with Crippen LogP contribution < -0.4 is 0 Å². The van der Waals surface area contributed by atoms with Crippen LogP contribution >= 0.6 is 0 Å². The summed E-state index contributed by atoms with van der Waals surface area (Å²) in [6.07, 6.45) is 67.6. The number of esters is 3.